The van der Waals surface area contributed by atoms with Crippen molar-refractivity contribution in [2.24, 2.45) is 0 Å². The highest BCUT2D eigenvalue weighted by molar-refractivity contribution is 8.02. The molecule has 0 N–H and O–H groups in total. The van der Waals surface area contributed by atoms with Crippen molar-refractivity contribution in [3.05, 3.63) is 46.0 Å². The van der Waals surface area contributed by atoms with Crippen molar-refractivity contribution in [1.29, 1.82) is 0 Å². The van der Waals surface area contributed by atoms with Crippen molar-refractivity contribution >= 4 is 36.0 Å². The van der Waals surface area contributed by atoms with Gasteiger partial charge in [-0.3, -0.25) is 4.79 Å². The third-order valence-electron chi connectivity index (χ3n) is 5.41. The maximum atomic E-state index is 12.0. The molecule has 31 heavy (non-hydrogen) atoms. The second-order valence-corrected chi connectivity index (χ2v) is 10.9. The Hall–Kier alpha value is -0.815. The maximum absolute atomic E-state index is 12.0. The zero-order valence-corrected chi connectivity index (χ0v) is 22.6. The fourth-order valence-corrected chi connectivity index (χ4v) is 4.66. The number of thioether (sulfide) groups is 1. The molecule has 0 radical (unpaired) electrons. The van der Waals surface area contributed by atoms with Crippen LogP contribution in [0.2, 0.25) is 6.82 Å². The van der Waals surface area contributed by atoms with E-state index < -0.39 is 0 Å². The van der Waals surface area contributed by atoms with Gasteiger partial charge in [-0.25, -0.2) is 0 Å². The molecule has 0 bridgehead atoms. The first-order chi connectivity index (χ1) is 14.5. The van der Waals surface area contributed by atoms with Crippen LogP contribution in [0.1, 0.15) is 95.1 Å². The zero-order chi connectivity index (χ0) is 24.1. The van der Waals surface area contributed by atoms with Crippen LogP contribution in [0.5, 0.6) is 0 Å². The largest absolute Gasteiger partial charge is 0.454 e. The topological polar surface area (TPSA) is 35.5 Å². The van der Waals surface area contributed by atoms with Crippen LogP contribution < -0.4 is 0 Å². The van der Waals surface area contributed by atoms with E-state index >= 15 is 0 Å². The lowest BCUT2D eigenvalue weighted by molar-refractivity contribution is 0.00578. The molecule has 1 fully saturated rings. The van der Waals surface area contributed by atoms with Crippen molar-refractivity contribution in [1.82, 2.24) is 0 Å². The maximum Gasteiger partial charge on any atom is 0.454 e. The Morgan fingerprint density at radius 3 is 2.16 bits per heavy atom. The van der Waals surface area contributed by atoms with E-state index in [1.54, 1.807) is 11.3 Å². The smallest absolute Gasteiger partial charge is 0.403 e. The molecule has 0 aliphatic carbocycles. The predicted octanol–water partition coefficient (Wildman–Crippen LogP) is 8.57. The minimum absolute atomic E-state index is 0.0648. The average molecular weight is 467 g/mol. The number of carbonyl (C=O) groups is 1. The molecule has 6 heteroatoms. The van der Waals surface area contributed by atoms with E-state index in [9.17, 15) is 4.79 Å². The molecule has 0 spiro atoms. The number of unbranched alkanes of at least 4 members (excludes halogenated alkanes) is 3. The normalized spacial score (nSPS) is 16.8. The summed E-state index contributed by atoms with van der Waals surface area (Å²) in [5.74, 6) is 1.30. The number of thiophene rings is 1. The number of hydrogen-bond acceptors (Lipinski definition) is 5. The lowest BCUT2D eigenvalue weighted by atomic mass is 9.90. The van der Waals surface area contributed by atoms with Crippen LogP contribution in [-0.2, 0) is 15.1 Å². The molecule has 2 rings (SSSR count). The Kier molecular flexibility index (Phi) is 14.7. The summed E-state index contributed by atoms with van der Waals surface area (Å²) >= 11 is 3.50. The predicted molar refractivity (Wildman–Crippen MR) is 141 cm³/mol. The van der Waals surface area contributed by atoms with Crippen molar-refractivity contribution in [3.63, 3.8) is 0 Å². The van der Waals surface area contributed by atoms with Gasteiger partial charge in [0.2, 0.25) is 0 Å². The van der Waals surface area contributed by atoms with E-state index in [0.717, 1.165) is 17.1 Å². The van der Waals surface area contributed by atoms with Crippen LogP contribution in [0.15, 0.2) is 36.3 Å². The SMILES string of the molecule is C/C=C(/C)SCc1ccc(C(=O)CCCCCC)s1.C=C.CB1OC(C)(C)C(C)(C)O1. The van der Waals surface area contributed by atoms with Gasteiger partial charge in [0.15, 0.2) is 5.78 Å². The number of Topliss-reactive ketones (excluding diaryl/α,β-unsaturated/α-hetero) is 1. The number of carbonyl (C=O) groups excluding carboxylic acids is 1. The molecule has 176 valence electrons. The molecular weight excluding hydrogens is 423 g/mol. The molecule has 0 amide bonds. The lowest BCUT2D eigenvalue weighted by Crippen LogP contribution is -2.41. The summed E-state index contributed by atoms with van der Waals surface area (Å²) in [4.78, 5) is 15.6. The summed E-state index contributed by atoms with van der Waals surface area (Å²) in [5, 5.41) is 0. The molecule has 0 unspecified atom stereocenters. The fraction of sp³-hybridized carbons (Fsp3) is 0.640. The third kappa shape index (κ3) is 11.0. The number of rotatable bonds is 9. The van der Waals surface area contributed by atoms with Gasteiger partial charge >= 0.3 is 7.12 Å². The van der Waals surface area contributed by atoms with Crippen LogP contribution in [0.3, 0.4) is 0 Å². The summed E-state index contributed by atoms with van der Waals surface area (Å²) in [6.45, 7) is 22.5. The Morgan fingerprint density at radius 2 is 1.71 bits per heavy atom. The van der Waals surface area contributed by atoms with E-state index in [2.05, 4.69) is 73.8 Å². The number of allylic oxidation sites excluding steroid dienone is 2. The van der Waals surface area contributed by atoms with Crippen molar-refractivity contribution in [2.45, 2.75) is 104 Å². The van der Waals surface area contributed by atoms with E-state index in [-0.39, 0.29) is 18.3 Å². The highest BCUT2D eigenvalue weighted by Crippen LogP contribution is 2.36. The van der Waals surface area contributed by atoms with Crippen LogP contribution >= 0.6 is 23.1 Å². The highest BCUT2D eigenvalue weighted by Gasteiger charge is 2.48. The first-order valence-electron chi connectivity index (χ1n) is 11.3. The lowest BCUT2D eigenvalue weighted by Gasteiger charge is -2.32. The molecule has 3 nitrogen and oxygen atoms in total. The van der Waals surface area contributed by atoms with Crippen molar-refractivity contribution < 1.29 is 14.1 Å². The second kappa shape index (κ2) is 15.1. The fourth-order valence-electron chi connectivity index (χ4n) is 2.85. The van der Waals surface area contributed by atoms with Crippen LogP contribution in [0, 0.1) is 0 Å². The molecular formula is C25H43BO3S2. The summed E-state index contributed by atoms with van der Waals surface area (Å²) in [6.07, 6.45) is 7.50. The van der Waals surface area contributed by atoms with Crippen molar-refractivity contribution in [3.8, 4) is 0 Å². The monoisotopic (exact) mass is 466 g/mol. The van der Waals surface area contributed by atoms with Crippen LogP contribution in [0.4, 0.5) is 0 Å². The third-order valence-corrected chi connectivity index (χ3v) is 7.87. The number of hydrogen-bond donors (Lipinski definition) is 0. The van der Waals surface area contributed by atoms with E-state index in [1.165, 1.54) is 29.0 Å². The summed E-state index contributed by atoms with van der Waals surface area (Å²) in [7, 11) is -0.0648. The zero-order valence-electron chi connectivity index (χ0n) is 21.0. The molecule has 0 saturated carbocycles. The molecule has 1 aromatic heterocycles. The average Bonchev–Trinajstić information content (AvgIpc) is 3.26. The van der Waals surface area contributed by atoms with Gasteiger partial charge in [-0.15, -0.1) is 36.3 Å². The Balaban J connectivity index is 0.000000628. The van der Waals surface area contributed by atoms with Gasteiger partial charge in [0.05, 0.1) is 16.1 Å². The van der Waals surface area contributed by atoms with E-state index in [1.807, 2.05) is 24.7 Å². The summed E-state index contributed by atoms with van der Waals surface area (Å²) in [5.41, 5.74) is -0.321. The van der Waals surface area contributed by atoms with Crippen molar-refractivity contribution in [2.75, 3.05) is 0 Å². The molecule has 1 saturated heterocycles. The van der Waals surface area contributed by atoms with E-state index in [0.29, 0.717) is 12.2 Å². The minimum atomic E-state index is -0.160. The van der Waals surface area contributed by atoms with Crippen LogP contribution in [-0.4, -0.2) is 24.1 Å². The first-order valence-corrected chi connectivity index (χ1v) is 13.1. The Morgan fingerprint density at radius 1 is 1.13 bits per heavy atom. The quantitative estimate of drug-likeness (QED) is 0.158. The van der Waals surface area contributed by atoms with Gasteiger partial charge in [0.25, 0.3) is 0 Å². The Labute approximate surface area is 200 Å². The highest BCUT2D eigenvalue weighted by atomic mass is 32.2. The number of ketones is 1. The van der Waals surface area contributed by atoms with Gasteiger partial charge in [0, 0.05) is 17.1 Å². The molecule has 0 aromatic carbocycles. The van der Waals surface area contributed by atoms with Gasteiger partial charge in [-0.05, 0) is 71.8 Å². The molecule has 1 aromatic rings. The standard InChI is InChI=1S/C16H24OS2.C7H15BO2.C2H4/c1-4-6-7-8-9-15(17)16-11-10-14(19-16)12-18-13(3)5-2;1-6(2)7(3,4)10-8(5)9-6;1-2/h5,10-11H,4,6-9,12H2,1-3H3;1-5H3;1-2H2/b13-5-;;. The van der Waals surface area contributed by atoms with Gasteiger partial charge in [-0.1, -0.05) is 32.3 Å². The van der Waals surface area contributed by atoms with Crippen LogP contribution in [0.25, 0.3) is 0 Å². The molecule has 0 atom stereocenters. The first kappa shape index (κ1) is 30.2. The van der Waals surface area contributed by atoms with Gasteiger partial charge in [-0.2, -0.15) is 0 Å². The molecule has 1 aliphatic heterocycles. The molecule has 2 heterocycles. The molecule has 1 aliphatic rings. The second-order valence-electron chi connectivity index (χ2n) is 8.51. The Bertz CT molecular complexity index is 664. The summed E-state index contributed by atoms with van der Waals surface area (Å²) in [6, 6.07) is 4.09. The minimum Gasteiger partial charge on any atom is -0.403 e. The van der Waals surface area contributed by atoms with E-state index in [4.69, 9.17) is 9.31 Å². The van der Waals surface area contributed by atoms with Gasteiger partial charge < -0.3 is 9.31 Å². The summed E-state index contributed by atoms with van der Waals surface area (Å²) < 4.78 is 11.1. The van der Waals surface area contributed by atoms with Gasteiger partial charge in [0.1, 0.15) is 0 Å².